The van der Waals surface area contributed by atoms with Gasteiger partial charge in [0.2, 0.25) is 5.91 Å². The van der Waals surface area contributed by atoms with Crippen molar-refractivity contribution in [3.63, 3.8) is 0 Å². The number of fused-ring (bicyclic) bond motifs is 1. The highest BCUT2D eigenvalue weighted by atomic mass is 16.5. The zero-order valence-corrected chi connectivity index (χ0v) is 21.1. The summed E-state index contributed by atoms with van der Waals surface area (Å²) in [4.78, 5) is 27.1. The first-order valence-corrected chi connectivity index (χ1v) is 12.6. The Morgan fingerprint density at radius 1 is 1.05 bits per heavy atom. The van der Waals surface area contributed by atoms with Crippen LogP contribution < -0.4 is 10.6 Å². The topological polar surface area (TPSA) is 113 Å². The molecule has 0 bridgehead atoms. The van der Waals surface area contributed by atoms with Crippen LogP contribution in [0.25, 0.3) is 11.1 Å². The summed E-state index contributed by atoms with van der Waals surface area (Å²) < 4.78 is 4.98. The largest absolute Gasteiger partial charge is 0.364 e. The number of hydrogen-bond acceptors (Lipinski definition) is 5. The number of carbonyl (C=O) groups excluding carboxylic acids is 2. The van der Waals surface area contributed by atoms with Gasteiger partial charge < -0.3 is 15.2 Å². The molecule has 188 valence electrons. The van der Waals surface area contributed by atoms with Gasteiger partial charge in [0, 0.05) is 22.9 Å². The van der Waals surface area contributed by atoms with Gasteiger partial charge in [-0.3, -0.25) is 14.7 Å². The van der Waals surface area contributed by atoms with Crippen molar-refractivity contribution in [3.8, 4) is 11.1 Å². The molecule has 2 heterocycles. The number of H-pyrrole nitrogens is 1. The Kier molecular flexibility index (Phi) is 5.47. The van der Waals surface area contributed by atoms with E-state index in [2.05, 4.69) is 38.1 Å². The number of benzene rings is 2. The van der Waals surface area contributed by atoms with Crippen LogP contribution in [0.15, 0.2) is 59.3 Å². The van der Waals surface area contributed by atoms with Crippen molar-refractivity contribution in [2.45, 2.75) is 52.0 Å². The zero-order chi connectivity index (χ0) is 25.7. The van der Waals surface area contributed by atoms with Crippen LogP contribution in [0.3, 0.4) is 0 Å². The lowest BCUT2D eigenvalue weighted by atomic mass is 9.82. The van der Waals surface area contributed by atoms with Gasteiger partial charge in [-0.15, -0.1) is 0 Å². The molecular formula is C29H29N5O3. The summed E-state index contributed by atoms with van der Waals surface area (Å²) >= 11 is 0. The Bertz CT molecular complexity index is 1480. The van der Waals surface area contributed by atoms with Gasteiger partial charge in [-0.2, -0.15) is 5.10 Å². The van der Waals surface area contributed by atoms with Crippen molar-refractivity contribution in [1.29, 1.82) is 0 Å². The molecule has 2 aromatic heterocycles. The van der Waals surface area contributed by atoms with E-state index in [0.29, 0.717) is 16.9 Å². The molecule has 37 heavy (non-hydrogen) atoms. The molecule has 1 unspecified atom stereocenters. The number of amides is 2. The van der Waals surface area contributed by atoms with E-state index in [1.54, 1.807) is 6.92 Å². The first kappa shape index (κ1) is 23.2. The summed E-state index contributed by atoms with van der Waals surface area (Å²) in [5, 5.41) is 17.2. The third kappa shape index (κ3) is 4.02. The van der Waals surface area contributed by atoms with E-state index < -0.39 is 6.04 Å². The Morgan fingerprint density at radius 3 is 2.46 bits per heavy atom. The number of nitrogens with zero attached hydrogens (tertiary/aromatic N) is 2. The standard InChI is InChI=1S/C29H29N5O3/c1-16-23(15-37-34-16)27(35)31-26(25-22-7-5-4-6-20(22)14-29(25)12-13-29)28(36)30-21-10-8-19(9-11-21)24-17(2)32-33-18(24)3/h4-11,15,25-26H,12-14H2,1-3H3,(H,30,36)(H,31,35)(H,32,33)/t25?,26-/m0/s1. The molecule has 2 aromatic carbocycles. The highest BCUT2D eigenvalue weighted by molar-refractivity contribution is 6.02. The molecular weight excluding hydrogens is 466 g/mol. The minimum atomic E-state index is -0.744. The molecule has 0 radical (unpaired) electrons. The van der Waals surface area contributed by atoms with Gasteiger partial charge in [0.1, 0.15) is 17.9 Å². The summed E-state index contributed by atoms with van der Waals surface area (Å²) in [5.41, 5.74) is 7.91. The molecule has 2 aliphatic rings. The monoisotopic (exact) mass is 495 g/mol. The quantitative estimate of drug-likeness (QED) is 0.354. The molecule has 1 saturated carbocycles. The number of aromatic amines is 1. The van der Waals surface area contributed by atoms with Crippen LogP contribution in [0.1, 0.15) is 57.3 Å². The maximum atomic E-state index is 13.9. The van der Waals surface area contributed by atoms with Crippen molar-refractivity contribution >= 4 is 17.5 Å². The van der Waals surface area contributed by atoms with Gasteiger partial charge in [-0.1, -0.05) is 41.6 Å². The van der Waals surface area contributed by atoms with E-state index >= 15 is 0 Å². The number of aryl methyl sites for hydroxylation is 3. The molecule has 3 N–H and O–H groups in total. The second-order valence-corrected chi connectivity index (χ2v) is 10.4. The molecule has 0 saturated heterocycles. The second kappa shape index (κ2) is 8.73. The fourth-order valence-electron chi connectivity index (χ4n) is 5.95. The van der Waals surface area contributed by atoms with Crippen LogP contribution in [-0.2, 0) is 11.2 Å². The highest BCUT2D eigenvalue weighted by Gasteiger charge is 2.58. The minimum absolute atomic E-state index is 0.00284. The van der Waals surface area contributed by atoms with E-state index in [1.807, 2.05) is 50.2 Å². The zero-order valence-electron chi connectivity index (χ0n) is 21.1. The summed E-state index contributed by atoms with van der Waals surface area (Å²) in [5.74, 6) is -0.706. The first-order valence-electron chi connectivity index (χ1n) is 12.6. The lowest BCUT2D eigenvalue weighted by molar-refractivity contribution is -0.118. The Labute approximate surface area is 214 Å². The molecule has 2 atom stereocenters. The highest BCUT2D eigenvalue weighted by Crippen LogP contribution is 2.64. The van der Waals surface area contributed by atoms with Gasteiger partial charge >= 0.3 is 0 Å². The van der Waals surface area contributed by atoms with Crippen molar-refractivity contribution in [2.24, 2.45) is 5.41 Å². The van der Waals surface area contributed by atoms with Crippen molar-refractivity contribution < 1.29 is 14.1 Å². The predicted molar refractivity (Wildman–Crippen MR) is 139 cm³/mol. The van der Waals surface area contributed by atoms with Crippen LogP contribution in [0.2, 0.25) is 0 Å². The predicted octanol–water partition coefficient (Wildman–Crippen LogP) is 4.85. The van der Waals surface area contributed by atoms with Gasteiger partial charge in [0.25, 0.3) is 5.91 Å². The molecule has 0 aliphatic heterocycles. The third-order valence-electron chi connectivity index (χ3n) is 7.95. The Balaban J connectivity index is 1.31. The molecule has 1 fully saturated rings. The summed E-state index contributed by atoms with van der Waals surface area (Å²) in [6.45, 7) is 5.67. The SMILES string of the molecule is Cc1nocc1C(=O)N[C@H](C(=O)Nc1ccc(-c2c(C)n[nH]c2C)cc1)C1c2ccccc2CC12CC2. The molecule has 4 aromatic rings. The molecule has 2 aliphatic carbocycles. The van der Waals surface area contributed by atoms with E-state index in [4.69, 9.17) is 4.52 Å². The second-order valence-electron chi connectivity index (χ2n) is 10.4. The van der Waals surface area contributed by atoms with Crippen molar-refractivity contribution in [2.75, 3.05) is 5.32 Å². The van der Waals surface area contributed by atoms with E-state index in [-0.39, 0.29) is 23.1 Å². The third-order valence-corrected chi connectivity index (χ3v) is 7.95. The van der Waals surface area contributed by atoms with Crippen LogP contribution in [-0.4, -0.2) is 33.2 Å². The summed E-state index contributed by atoms with van der Waals surface area (Å²) in [6, 6.07) is 15.2. The van der Waals surface area contributed by atoms with Gasteiger partial charge in [-0.05, 0) is 74.3 Å². The number of anilines is 1. The van der Waals surface area contributed by atoms with Crippen LogP contribution in [0, 0.1) is 26.2 Å². The Morgan fingerprint density at radius 2 is 1.81 bits per heavy atom. The molecule has 8 heteroatoms. The maximum Gasteiger partial charge on any atom is 0.257 e. The van der Waals surface area contributed by atoms with Crippen molar-refractivity contribution in [3.05, 3.63) is 88.6 Å². The smallest absolute Gasteiger partial charge is 0.257 e. The fraction of sp³-hybridized carbons (Fsp3) is 0.310. The van der Waals surface area contributed by atoms with Crippen LogP contribution in [0.4, 0.5) is 5.69 Å². The van der Waals surface area contributed by atoms with E-state index in [1.165, 1.54) is 11.8 Å². The average Bonchev–Trinajstić information content (AvgIpc) is 3.21. The maximum absolute atomic E-state index is 13.9. The lowest BCUT2D eigenvalue weighted by Crippen LogP contribution is -2.49. The summed E-state index contributed by atoms with van der Waals surface area (Å²) in [7, 11) is 0. The van der Waals surface area contributed by atoms with E-state index in [0.717, 1.165) is 47.3 Å². The average molecular weight is 496 g/mol. The Hall–Kier alpha value is -4.20. The summed E-state index contributed by atoms with van der Waals surface area (Å²) in [6.07, 6.45) is 4.33. The lowest BCUT2D eigenvalue weighted by Gasteiger charge is -2.29. The van der Waals surface area contributed by atoms with Crippen LogP contribution >= 0.6 is 0 Å². The number of carbonyl (C=O) groups is 2. The van der Waals surface area contributed by atoms with Crippen molar-refractivity contribution in [1.82, 2.24) is 20.7 Å². The number of aromatic nitrogens is 3. The number of hydrogen-bond donors (Lipinski definition) is 3. The molecule has 2 amide bonds. The molecule has 6 rings (SSSR count). The normalized spacial score (nSPS) is 17.9. The van der Waals surface area contributed by atoms with Gasteiger partial charge in [0.05, 0.1) is 11.4 Å². The van der Waals surface area contributed by atoms with Crippen LogP contribution in [0.5, 0.6) is 0 Å². The van der Waals surface area contributed by atoms with E-state index in [9.17, 15) is 9.59 Å². The fourth-order valence-corrected chi connectivity index (χ4v) is 5.95. The minimum Gasteiger partial charge on any atom is -0.364 e. The molecule has 8 nitrogen and oxygen atoms in total. The van der Waals surface area contributed by atoms with Gasteiger partial charge in [-0.25, -0.2) is 0 Å². The van der Waals surface area contributed by atoms with Gasteiger partial charge in [0.15, 0.2) is 0 Å². The molecule has 1 spiro atoms. The number of nitrogens with one attached hydrogen (secondary N) is 3. The first-order chi connectivity index (χ1) is 17.9. The number of rotatable bonds is 6.